The van der Waals surface area contributed by atoms with Gasteiger partial charge in [-0.25, -0.2) is 19.1 Å². The summed E-state index contributed by atoms with van der Waals surface area (Å²) in [6.07, 6.45) is 11.1. The number of hydrogen-bond donors (Lipinski definition) is 2. The Kier molecular flexibility index (Phi) is 9.94. The van der Waals surface area contributed by atoms with Crippen LogP contribution in [0.15, 0.2) is 37.9 Å². The van der Waals surface area contributed by atoms with E-state index in [1.165, 1.54) is 0 Å². The summed E-state index contributed by atoms with van der Waals surface area (Å²) in [4.78, 5) is 6.02. The Morgan fingerprint density at radius 2 is 1.22 bits per heavy atom. The molecule has 0 saturated carbocycles. The van der Waals surface area contributed by atoms with Crippen LogP contribution in [-0.4, -0.2) is 9.97 Å². The van der Waals surface area contributed by atoms with Gasteiger partial charge in [-0.2, -0.15) is 0 Å². The maximum Gasteiger partial charge on any atom is 0.255 e. The zero-order valence-corrected chi connectivity index (χ0v) is 12.0. The molecule has 100 valence electrons. The van der Waals surface area contributed by atoms with Gasteiger partial charge in [0.2, 0.25) is 0 Å². The van der Waals surface area contributed by atoms with Crippen LogP contribution in [0.25, 0.3) is 12.4 Å². The summed E-state index contributed by atoms with van der Waals surface area (Å²) in [5.41, 5.74) is 0. The van der Waals surface area contributed by atoms with E-state index in [0.29, 0.717) is 0 Å². The molecule has 0 atom stereocenters. The molecule has 2 rings (SSSR count). The average molecular weight is 289 g/mol. The van der Waals surface area contributed by atoms with Gasteiger partial charge < -0.3 is 24.8 Å². The van der Waals surface area contributed by atoms with Crippen LogP contribution in [0.5, 0.6) is 0 Å². The molecule has 0 radical (unpaired) electrons. The number of aromatic amines is 2. The standard InChI is InChI=1S/2C6H8N2.2ClH/c2*1-3-8-5-4-7-6(8)2;;/h2*3-5H,1H2,2H3;2*1H. The first-order valence-electron chi connectivity index (χ1n) is 5.04. The highest BCUT2D eigenvalue weighted by atomic mass is 35.5. The van der Waals surface area contributed by atoms with Crippen molar-refractivity contribution in [3.8, 4) is 0 Å². The van der Waals surface area contributed by atoms with E-state index in [2.05, 4.69) is 23.1 Å². The van der Waals surface area contributed by atoms with E-state index in [1.807, 2.05) is 47.8 Å². The molecule has 6 heteroatoms. The molecule has 2 aromatic rings. The predicted octanol–water partition coefficient (Wildman–Crippen LogP) is -4.57. The van der Waals surface area contributed by atoms with Crippen LogP contribution in [0.3, 0.4) is 0 Å². The molecule has 0 fully saturated rings. The maximum atomic E-state index is 3.61. The summed E-state index contributed by atoms with van der Waals surface area (Å²) in [5, 5.41) is 0. The van der Waals surface area contributed by atoms with E-state index in [1.54, 1.807) is 12.4 Å². The topological polar surface area (TPSA) is 39.3 Å². The van der Waals surface area contributed by atoms with Crippen LogP contribution >= 0.6 is 0 Å². The second-order valence-electron chi connectivity index (χ2n) is 3.27. The van der Waals surface area contributed by atoms with Gasteiger partial charge in [-0.3, -0.25) is 0 Å². The fourth-order valence-electron chi connectivity index (χ4n) is 1.24. The van der Waals surface area contributed by atoms with Crippen LogP contribution in [0.2, 0.25) is 0 Å². The van der Waals surface area contributed by atoms with Crippen molar-refractivity contribution in [3.05, 3.63) is 49.6 Å². The van der Waals surface area contributed by atoms with E-state index < -0.39 is 0 Å². The number of H-pyrrole nitrogens is 2. The number of hydrogen-bond acceptors (Lipinski definition) is 0. The first-order valence-corrected chi connectivity index (χ1v) is 5.04. The summed E-state index contributed by atoms with van der Waals surface area (Å²) in [7, 11) is 0. The fourth-order valence-corrected chi connectivity index (χ4v) is 1.24. The van der Waals surface area contributed by atoms with Gasteiger partial charge in [0.25, 0.3) is 11.6 Å². The van der Waals surface area contributed by atoms with Gasteiger partial charge in [0.05, 0.1) is 12.4 Å². The molecule has 0 aliphatic rings. The first kappa shape index (κ1) is 18.8. The van der Waals surface area contributed by atoms with Crippen molar-refractivity contribution in [2.75, 3.05) is 0 Å². The van der Waals surface area contributed by atoms with E-state index in [9.17, 15) is 0 Å². The molecule has 0 aliphatic heterocycles. The largest absolute Gasteiger partial charge is 1.00 e. The third-order valence-corrected chi connectivity index (χ3v) is 2.22. The highest BCUT2D eigenvalue weighted by Gasteiger charge is 1.96. The second-order valence-corrected chi connectivity index (χ2v) is 3.27. The molecule has 2 heterocycles. The van der Waals surface area contributed by atoms with Gasteiger partial charge in [-0.15, -0.1) is 0 Å². The van der Waals surface area contributed by atoms with E-state index in [4.69, 9.17) is 0 Å². The Morgan fingerprint density at radius 3 is 1.33 bits per heavy atom. The minimum atomic E-state index is 0. The van der Waals surface area contributed by atoms with E-state index in [0.717, 1.165) is 11.6 Å². The van der Waals surface area contributed by atoms with Crippen LogP contribution in [0.1, 0.15) is 11.6 Å². The fraction of sp³-hybridized carbons (Fsp3) is 0.167. The minimum absolute atomic E-state index is 0. The number of aromatic nitrogens is 4. The number of rotatable bonds is 2. The first-order chi connectivity index (χ1) is 7.69. The number of halogens is 2. The molecule has 0 unspecified atom stereocenters. The van der Waals surface area contributed by atoms with Crippen molar-refractivity contribution in [3.63, 3.8) is 0 Å². The van der Waals surface area contributed by atoms with Gasteiger partial charge >= 0.3 is 0 Å². The molecule has 0 spiro atoms. The molecule has 0 bridgehead atoms. The lowest BCUT2D eigenvalue weighted by Crippen LogP contribution is -3.00. The van der Waals surface area contributed by atoms with Crippen LogP contribution in [-0.2, 0) is 0 Å². The molecule has 2 N–H and O–H groups in total. The highest BCUT2D eigenvalue weighted by molar-refractivity contribution is 4.97. The van der Waals surface area contributed by atoms with Gasteiger partial charge in [0.15, 0.2) is 0 Å². The number of imidazole rings is 2. The van der Waals surface area contributed by atoms with Crippen LogP contribution < -0.4 is 33.9 Å². The summed E-state index contributed by atoms with van der Waals surface area (Å²) in [6, 6.07) is 0. The Hall–Kier alpha value is -1.52. The maximum absolute atomic E-state index is 3.61. The molecular formula is C12H18Cl2N4. The zero-order valence-electron chi connectivity index (χ0n) is 10.5. The average Bonchev–Trinajstić information content (AvgIpc) is 2.87. The third kappa shape index (κ3) is 5.21. The predicted molar refractivity (Wildman–Crippen MR) is 64.2 cm³/mol. The number of nitrogens with zero attached hydrogens (tertiary/aromatic N) is 2. The molecular weight excluding hydrogens is 271 g/mol. The SMILES string of the molecule is C=C[n+]1cc[nH]c1C.C=C[n+]1cc[nH]c1C.[Cl-].[Cl-]. The number of aryl methyl sites for hydroxylation is 2. The third-order valence-electron chi connectivity index (χ3n) is 2.22. The molecule has 0 aliphatic carbocycles. The lowest BCUT2D eigenvalue weighted by atomic mass is 10.7. The van der Waals surface area contributed by atoms with Gasteiger partial charge in [0.1, 0.15) is 24.8 Å². The van der Waals surface area contributed by atoms with E-state index in [-0.39, 0.29) is 24.8 Å². The quantitative estimate of drug-likeness (QED) is 0.523. The van der Waals surface area contributed by atoms with Crippen LogP contribution in [0, 0.1) is 13.8 Å². The molecule has 18 heavy (non-hydrogen) atoms. The molecule has 0 aromatic carbocycles. The minimum Gasteiger partial charge on any atom is -1.00 e. The number of nitrogens with one attached hydrogen (secondary N) is 2. The normalized spacial score (nSPS) is 8.11. The summed E-state index contributed by atoms with van der Waals surface area (Å²) in [5.74, 6) is 2.19. The smallest absolute Gasteiger partial charge is 0.255 e. The van der Waals surface area contributed by atoms with Crippen LogP contribution in [0.4, 0.5) is 0 Å². The Bertz CT molecular complexity index is 430. The van der Waals surface area contributed by atoms with E-state index >= 15 is 0 Å². The molecule has 0 saturated heterocycles. The Labute approximate surface area is 120 Å². The lowest BCUT2D eigenvalue weighted by molar-refractivity contribution is -0.573. The molecule has 0 amide bonds. The van der Waals surface area contributed by atoms with Crippen molar-refractivity contribution in [1.29, 1.82) is 0 Å². The Morgan fingerprint density at radius 1 is 0.889 bits per heavy atom. The van der Waals surface area contributed by atoms with Crippen molar-refractivity contribution in [1.82, 2.24) is 9.97 Å². The molecule has 2 aromatic heterocycles. The zero-order chi connectivity index (χ0) is 12.0. The van der Waals surface area contributed by atoms with Crippen molar-refractivity contribution in [2.24, 2.45) is 0 Å². The molecule has 4 nitrogen and oxygen atoms in total. The second kappa shape index (κ2) is 9.50. The van der Waals surface area contributed by atoms with Gasteiger partial charge in [-0.1, -0.05) is 13.2 Å². The highest BCUT2D eigenvalue weighted by Crippen LogP contribution is 1.79. The monoisotopic (exact) mass is 288 g/mol. The van der Waals surface area contributed by atoms with Crippen molar-refractivity contribution in [2.45, 2.75) is 13.8 Å². The summed E-state index contributed by atoms with van der Waals surface area (Å²) >= 11 is 0. The van der Waals surface area contributed by atoms with Gasteiger partial charge in [0, 0.05) is 13.8 Å². The van der Waals surface area contributed by atoms with Crippen molar-refractivity contribution < 1.29 is 33.9 Å². The van der Waals surface area contributed by atoms with Gasteiger partial charge in [-0.05, 0) is 0 Å². The lowest BCUT2D eigenvalue weighted by Gasteiger charge is -1.80. The summed E-state index contributed by atoms with van der Waals surface area (Å²) < 4.78 is 3.83. The van der Waals surface area contributed by atoms with Crippen molar-refractivity contribution >= 4 is 12.4 Å². The summed E-state index contributed by atoms with van der Waals surface area (Å²) in [6.45, 7) is 11.2. The Balaban J connectivity index is 0.